The van der Waals surface area contributed by atoms with Gasteiger partial charge in [-0.25, -0.2) is 4.72 Å². The Morgan fingerprint density at radius 3 is 2.49 bits per heavy atom. The molecule has 2 amide bonds. The predicted octanol–water partition coefficient (Wildman–Crippen LogP) is 4.71. The predicted molar refractivity (Wildman–Crippen MR) is 174 cm³/mol. The van der Waals surface area contributed by atoms with E-state index in [1.807, 2.05) is 24.1 Å². The zero-order valence-corrected chi connectivity index (χ0v) is 27.5. The maximum absolute atomic E-state index is 14.1. The minimum atomic E-state index is -3.97. The first kappa shape index (κ1) is 31.6. The van der Waals surface area contributed by atoms with Crippen molar-refractivity contribution in [2.24, 2.45) is 5.92 Å². The molecule has 2 fully saturated rings. The van der Waals surface area contributed by atoms with E-state index in [0.717, 1.165) is 82.9 Å². The molecule has 3 aliphatic rings. The Morgan fingerprint density at radius 2 is 1.80 bits per heavy atom. The molecule has 3 heterocycles. The molecule has 2 aromatic carbocycles. The number of rotatable bonds is 8. The molecule has 1 aliphatic carbocycles. The molecule has 3 aromatic rings. The van der Waals surface area contributed by atoms with Crippen LogP contribution in [0.4, 0.5) is 0 Å². The van der Waals surface area contributed by atoms with Crippen molar-refractivity contribution in [1.82, 2.24) is 18.5 Å². The number of fused-ring (bicyclic) bond motifs is 5. The topological polar surface area (TPSA) is 110 Å². The lowest BCUT2D eigenvalue weighted by Crippen LogP contribution is -2.40. The fourth-order valence-corrected chi connectivity index (χ4v) is 7.91. The summed E-state index contributed by atoms with van der Waals surface area (Å²) in [4.78, 5) is 29.2. The third-order valence-corrected chi connectivity index (χ3v) is 11.2. The van der Waals surface area contributed by atoms with Gasteiger partial charge in [-0.2, -0.15) is 12.7 Å². The number of nitrogens with zero attached hydrogens (tertiary/aromatic N) is 3. The highest BCUT2D eigenvalue weighted by molar-refractivity contribution is 7.87. The Balaban J connectivity index is 1.51. The van der Waals surface area contributed by atoms with E-state index in [1.165, 1.54) is 26.1 Å². The van der Waals surface area contributed by atoms with Crippen LogP contribution in [-0.2, 0) is 32.7 Å². The van der Waals surface area contributed by atoms with Crippen molar-refractivity contribution >= 4 is 32.9 Å². The first-order valence-electron chi connectivity index (χ1n) is 16.0. The molecular formula is C34H44N4O6S. The van der Waals surface area contributed by atoms with Crippen LogP contribution in [0.2, 0.25) is 0 Å². The first-order chi connectivity index (χ1) is 21.6. The molecule has 1 saturated carbocycles. The van der Waals surface area contributed by atoms with Gasteiger partial charge in [0, 0.05) is 62.9 Å². The van der Waals surface area contributed by atoms with Gasteiger partial charge < -0.3 is 18.9 Å². The van der Waals surface area contributed by atoms with Gasteiger partial charge in [0.05, 0.1) is 24.8 Å². The summed E-state index contributed by atoms with van der Waals surface area (Å²) < 4.78 is 41.8. The SMILES string of the molecule is COc1ccc2c(c1)CC(C(=O)N(C)CC1CCCO1)Cn1c-2c(C2CCCCC2)c2ccc(C(=O)NS(=O)(=O)N(C)C)cc21. The Kier molecular flexibility index (Phi) is 8.96. The molecular weight excluding hydrogens is 592 g/mol. The number of aromatic nitrogens is 1. The van der Waals surface area contributed by atoms with Gasteiger partial charge >= 0.3 is 10.2 Å². The van der Waals surface area contributed by atoms with Crippen LogP contribution in [0.5, 0.6) is 5.75 Å². The summed E-state index contributed by atoms with van der Waals surface area (Å²) >= 11 is 0. The highest BCUT2D eigenvalue weighted by atomic mass is 32.2. The number of hydrogen-bond donors (Lipinski definition) is 1. The molecule has 1 N–H and O–H groups in total. The monoisotopic (exact) mass is 636 g/mol. The highest BCUT2D eigenvalue weighted by Crippen LogP contribution is 2.47. The lowest BCUT2D eigenvalue weighted by Gasteiger charge is -2.26. The number of nitrogens with one attached hydrogen (secondary N) is 1. The van der Waals surface area contributed by atoms with Gasteiger partial charge in [0.15, 0.2) is 0 Å². The molecule has 1 saturated heterocycles. The maximum atomic E-state index is 14.1. The summed E-state index contributed by atoms with van der Waals surface area (Å²) in [5.41, 5.74) is 5.57. The first-order valence-corrected chi connectivity index (χ1v) is 17.5. The number of amides is 2. The Bertz CT molecular complexity index is 1700. The van der Waals surface area contributed by atoms with Crippen molar-refractivity contribution in [2.45, 2.75) is 69.9 Å². The summed E-state index contributed by atoms with van der Waals surface area (Å²) in [6.07, 6.45) is 8.25. The molecule has 2 aliphatic heterocycles. The van der Waals surface area contributed by atoms with Gasteiger partial charge in [0.2, 0.25) is 5.91 Å². The second-order valence-electron chi connectivity index (χ2n) is 12.9. The molecule has 10 nitrogen and oxygen atoms in total. The Morgan fingerprint density at radius 1 is 1.02 bits per heavy atom. The fraction of sp³-hybridized carbons (Fsp3) is 0.529. The van der Waals surface area contributed by atoms with Crippen LogP contribution >= 0.6 is 0 Å². The molecule has 11 heteroatoms. The largest absolute Gasteiger partial charge is 0.497 e. The lowest BCUT2D eigenvalue weighted by molar-refractivity contribution is -0.136. The maximum Gasteiger partial charge on any atom is 0.303 e. The van der Waals surface area contributed by atoms with Crippen molar-refractivity contribution in [2.75, 3.05) is 41.4 Å². The number of benzene rings is 2. The Hall–Kier alpha value is -3.41. The molecule has 2 atom stereocenters. The average Bonchev–Trinajstić information content (AvgIpc) is 3.61. The molecule has 2 unspecified atom stereocenters. The molecule has 45 heavy (non-hydrogen) atoms. The van der Waals surface area contributed by atoms with E-state index >= 15 is 0 Å². The number of carbonyl (C=O) groups excluding carboxylic acids is 2. The van der Waals surface area contributed by atoms with Gasteiger partial charge in [0.1, 0.15) is 5.75 Å². The van der Waals surface area contributed by atoms with Crippen LogP contribution in [0.25, 0.3) is 22.2 Å². The van der Waals surface area contributed by atoms with Crippen molar-refractivity contribution in [3.8, 4) is 17.0 Å². The molecule has 242 valence electrons. The number of likely N-dealkylation sites (N-methyl/N-ethyl adjacent to an activating group) is 1. The van der Waals surface area contributed by atoms with Crippen molar-refractivity contribution in [3.63, 3.8) is 0 Å². The second-order valence-corrected chi connectivity index (χ2v) is 14.8. The lowest BCUT2D eigenvalue weighted by atomic mass is 9.81. The standard InChI is InChI=1S/C34H44N4O6S/c1-36(2)45(41,42)35-33(39)23-12-14-29-30(19-23)38-20-25(34(40)37(3)21-27-11-8-16-44-27)17-24-18-26(43-4)13-15-28(24)32(38)31(29)22-9-6-5-7-10-22/h12-15,18-19,22,25,27H,5-11,16-17,20-21H2,1-4H3,(H,35,39). The summed E-state index contributed by atoms with van der Waals surface area (Å²) in [5.74, 6) is 0.0975. The van der Waals surface area contributed by atoms with E-state index in [9.17, 15) is 18.0 Å². The van der Waals surface area contributed by atoms with E-state index in [-0.39, 0.29) is 23.5 Å². The van der Waals surface area contributed by atoms with Crippen LogP contribution in [0.3, 0.4) is 0 Å². The van der Waals surface area contributed by atoms with Gasteiger partial charge in [0.25, 0.3) is 5.91 Å². The zero-order valence-electron chi connectivity index (χ0n) is 26.7. The third-order valence-electron chi connectivity index (χ3n) is 9.75. The highest BCUT2D eigenvalue weighted by Gasteiger charge is 2.35. The smallest absolute Gasteiger partial charge is 0.303 e. The fourth-order valence-electron chi connectivity index (χ4n) is 7.38. The van der Waals surface area contributed by atoms with Crippen molar-refractivity contribution in [3.05, 3.63) is 53.1 Å². The van der Waals surface area contributed by atoms with Crippen LogP contribution in [0.1, 0.15) is 72.3 Å². The van der Waals surface area contributed by atoms with Gasteiger partial charge in [-0.1, -0.05) is 25.3 Å². The van der Waals surface area contributed by atoms with E-state index in [0.29, 0.717) is 25.4 Å². The van der Waals surface area contributed by atoms with Crippen LogP contribution in [0, 0.1) is 5.92 Å². The molecule has 0 bridgehead atoms. The second kappa shape index (κ2) is 12.8. The molecule has 6 rings (SSSR count). The third kappa shape index (κ3) is 6.22. The van der Waals surface area contributed by atoms with Crippen molar-refractivity contribution < 1.29 is 27.5 Å². The van der Waals surface area contributed by atoms with E-state index in [4.69, 9.17) is 9.47 Å². The minimum Gasteiger partial charge on any atom is -0.497 e. The van der Waals surface area contributed by atoms with Crippen LogP contribution in [-0.4, -0.2) is 81.5 Å². The molecule has 0 spiro atoms. The summed E-state index contributed by atoms with van der Waals surface area (Å²) in [5, 5.41) is 1.05. The zero-order chi connectivity index (χ0) is 31.9. The molecule has 0 radical (unpaired) electrons. The summed E-state index contributed by atoms with van der Waals surface area (Å²) in [6, 6.07) is 11.6. The number of methoxy groups -OCH3 is 1. The number of ether oxygens (including phenoxy) is 2. The van der Waals surface area contributed by atoms with E-state index < -0.39 is 16.1 Å². The normalized spacial score (nSPS) is 20.5. The average molecular weight is 637 g/mol. The van der Waals surface area contributed by atoms with Gasteiger partial charge in [-0.3, -0.25) is 9.59 Å². The van der Waals surface area contributed by atoms with Gasteiger partial charge in [-0.05, 0) is 79.5 Å². The minimum absolute atomic E-state index is 0.0532. The molecule has 1 aromatic heterocycles. The quantitative estimate of drug-likeness (QED) is 0.384. The van der Waals surface area contributed by atoms with E-state index in [2.05, 4.69) is 21.4 Å². The van der Waals surface area contributed by atoms with Crippen molar-refractivity contribution in [1.29, 1.82) is 0 Å². The van der Waals surface area contributed by atoms with Crippen LogP contribution in [0.15, 0.2) is 36.4 Å². The number of hydrogen-bond acceptors (Lipinski definition) is 6. The van der Waals surface area contributed by atoms with E-state index in [1.54, 1.807) is 19.2 Å². The van der Waals surface area contributed by atoms with Gasteiger partial charge in [-0.15, -0.1) is 0 Å². The number of carbonyl (C=O) groups is 2. The summed E-state index contributed by atoms with van der Waals surface area (Å²) in [7, 11) is 2.30. The van der Waals surface area contributed by atoms with Crippen LogP contribution < -0.4 is 9.46 Å². The summed E-state index contributed by atoms with van der Waals surface area (Å²) in [6.45, 7) is 1.72. The Labute approximate surface area is 265 Å².